The molecule has 0 heterocycles. The van der Waals surface area contributed by atoms with E-state index in [2.05, 4.69) is 10.3 Å². The van der Waals surface area contributed by atoms with E-state index in [0.717, 1.165) is 11.0 Å². The fourth-order valence-electron chi connectivity index (χ4n) is 2.23. The maximum absolute atomic E-state index is 12.0. The van der Waals surface area contributed by atoms with Crippen LogP contribution in [0.3, 0.4) is 0 Å². The first-order valence-corrected chi connectivity index (χ1v) is 16.4. The number of hydrogen-bond acceptors (Lipinski definition) is 13. The van der Waals surface area contributed by atoms with E-state index in [9.17, 15) is 38.4 Å². The number of carbonyl (C=O) groups is 7. The number of urea groups is 1. The second-order valence-corrected chi connectivity index (χ2v) is 16.3. The summed E-state index contributed by atoms with van der Waals surface area (Å²) in [6, 6.07) is -2.54. The number of halogens is 6. The third kappa shape index (κ3) is 24.7. The van der Waals surface area contributed by atoms with Crippen LogP contribution in [0.5, 0.6) is 0 Å². The number of nitrogens with zero attached hydrogens (tertiary/aromatic N) is 2. The summed E-state index contributed by atoms with van der Waals surface area (Å²) in [7, 11) is 2.87. The fourth-order valence-corrected chi connectivity index (χ4v) is 2.50. The Morgan fingerprint density at radius 3 is 1.34 bits per heavy atom. The summed E-state index contributed by atoms with van der Waals surface area (Å²) >= 11 is 30.9. The van der Waals surface area contributed by atoms with Gasteiger partial charge in [-0.25, -0.2) is 24.0 Å². The predicted molar refractivity (Wildman–Crippen MR) is 186 cm³/mol. The molecule has 4 unspecified atom stereocenters. The van der Waals surface area contributed by atoms with Crippen molar-refractivity contribution in [2.24, 2.45) is 4.99 Å². The van der Waals surface area contributed by atoms with E-state index in [1.165, 1.54) is 27.8 Å². The third-order valence-electron chi connectivity index (χ3n) is 4.96. The van der Waals surface area contributed by atoms with Crippen LogP contribution in [0.4, 0.5) is 4.79 Å². The van der Waals surface area contributed by atoms with E-state index >= 15 is 0 Å². The Kier molecular flexibility index (Phi) is 23.4. The van der Waals surface area contributed by atoms with Crippen molar-refractivity contribution in [2.45, 2.75) is 112 Å². The van der Waals surface area contributed by atoms with Crippen molar-refractivity contribution in [1.82, 2.24) is 15.5 Å². The number of aliphatic imine (C=N–C) groups is 1. The van der Waals surface area contributed by atoms with Gasteiger partial charge in [0.2, 0.25) is 6.08 Å². The van der Waals surface area contributed by atoms with Crippen LogP contribution in [-0.4, -0.2) is 110 Å². The summed E-state index contributed by atoms with van der Waals surface area (Å²) in [5.74, 6) is -4.92. The van der Waals surface area contributed by atoms with E-state index in [1.54, 1.807) is 55.5 Å². The minimum absolute atomic E-state index is 0.440. The molecule has 16 nitrogen and oxygen atoms in total. The van der Waals surface area contributed by atoms with Crippen LogP contribution >= 0.6 is 69.6 Å². The molecule has 0 aliphatic heterocycles. The van der Waals surface area contributed by atoms with E-state index in [4.69, 9.17) is 88.6 Å². The number of rotatable bonds is 8. The average Bonchev–Trinajstić information content (AvgIpc) is 2.93. The number of alkyl halides is 6. The molecule has 0 aromatic rings. The van der Waals surface area contributed by atoms with E-state index in [-0.39, 0.29) is 0 Å². The van der Waals surface area contributed by atoms with Gasteiger partial charge in [0.1, 0.15) is 23.3 Å². The topological polar surface area (TPSA) is 213 Å². The number of carbonyl (C=O) groups excluding carboxylic acids is 8. The molecule has 0 aromatic heterocycles. The second-order valence-electron chi connectivity index (χ2n) is 11.8. The molecule has 0 spiro atoms. The Labute approximate surface area is 320 Å². The minimum Gasteiger partial charge on any atom is -0.457 e. The summed E-state index contributed by atoms with van der Waals surface area (Å²) in [6.45, 7) is 16.1. The summed E-state index contributed by atoms with van der Waals surface area (Å²) < 4.78 is 15.6. The number of esters is 4. The molecule has 2 N–H and O–H groups in total. The maximum Gasteiger partial charge on any atom is 0.347 e. The largest absolute Gasteiger partial charge is 0.457 e. The first-order chi connectivity index (χ1) is 22.2. The van der Waals surface area contributed by atoms with Crippen LogP contribution in [0.2, 0.25) is 0 Å². The van der Waals surface area contributed by atoms with Crippen LogP contribution in [0.15, 0.2) is 4.99 Å². The van der Waals surface area contributed by atoms with E-state index < -0.39 is 84.8 Å². The van der Waals surface area contributed by atoms with Gasteiger partial charge in [0.05, 0.1) is 0 Å². The van der Waals surface area contributed by atoms with E-state index in [0.29, 0.717) is 0 Å². The van der Waals surface area contributed by atoms with Gasteiger partial charge in [-0.3, -0.25) is 19.7 Å². The highest BCUT2D eigenvalue weighted by molar-refractivity contribution is 6.76. The average molecular weight is 839 g/mol. The molecule has 4 atom stereocenters. The molecule has 0 aliphatic carbocycles. The predicted octanol–water partition coefficient (Wildman–Crippen LogP) is 4.27. The monoisotopic (exact) mass is 836 g/mol. The summed E-state index contributed by atoms with van der Waals surface area (Å²) in [6.07, 6.45) is -1.11. The number of imide groups is 1. The Hall–Kier alpha value is -2.43. The van der Waals surface area contributed by atoms with Gasteiger partial charge >= 0.3 is 35.8 Å². The molecule has 288 valence electrons. The van der Waals surface area contributed by atoms with Gasteiger partial charge in [-0.2, -0.15) is 0 Å². The molecule has 0 rings (SSSR count). The molecular formula is C28H42Cl6N4O12. The summed E-state index contributed by atoms with van der Waals surface area (Å²) in [5.41, 5.74) is -1.32. The normalized spacial score (nSPS) is 13.7. The molecule has 0 saturated carbocycles. The van der Waals surface area contributed by atoms with Gasteiger partial charge in [0.15, 0.2) is 12.2 Å². The first kappa shape index (κ1) is 51.9. The fraction of sp³-hybridized carbons (Fsp3) is 0.714. The van der Waals surface area contributed by atoms with Crippen LogP contribution in [0.1, 0.15) is 69.2 Å². The minimum atomic E-state index is -2.33. The zero-order chi connectivity index (χ0) is 40.6. The van der Waals surface area contributed by atoms with Crippen molar-refractivity contribution in [2.75, 3.05) is 14.1 Å². The zero-order valence-electron chi connectivity index (χ0n) is 29.4. The van der Waals surface area contributed by atoms with Crippen molar-refractivity contribution in [3.63, 3.8) is 0 Å². The molecule has 0 radical (unpaired) electrons. The molecule has 0 bridgehead atoms. The van der Waals surface area contributed by atoms with Crippen molar-refractivity contribution >= 4 is 117 Å². The number of amides is 4. The Bertz CT molecular complexity index is 1250. The highest BCUT2D eigenvalue weighted by Gasteiger charge is 2.35. The standard InChI is InChI=1S/C14H21Cl3N2O6.C11H21NO4.C3Cl3NO2/c1-7(19(6)12(23)18-11(22)14(15,16)17)9(20)24-8(2)10(21)25-13(3,4)5;1-7(12-6)9(13)15-8(2)10(14)16-11(3,4)5;4-3(5,6)2(9)7-1-8/h7-8H,1-6H3,(H,18,22,23);7-8,12H,1-6H3;. The lowest BCUT2D eigenvalue weighted by atomic mass is 10.2. The Morgan fingerprint density at radius 1 is 0.680 bits per heavy atom. The smallest absolute Gasteiger partial charge is 0.347 e. The highest BCUT2D eigenvalue weighted by Crippen LogP contribution is 2.27. The number of ether oxygens (including phenoxy) is 4. The number of isocyanates is 1. The maximum atomic E-state index is 12.0. The van der Waals surface area contributed by atoms with Gasteiger partial charge in [0, 0.05) is 7.05 Å². The van der Waals surface area contributed by atoms with E-state index in [1.807, 2.05) is 5.32 Å². The van der Waals surface area contributed by atoms with Crippen LogP contribution in [-0.2, 0) is 52.5 Å². The first-order valence-electron chi connectivity index (χ1n) is 14.1. The molecule has 0 aliphatic rings. The lowest BCUT2D eigenvalue weighted by molar-refractivity contribution is -0.176. The quantitative estimate of drug-likeness (QED) is 0.115. The summed E-state index contributed by atoms with van der Waals surface area (Å²) in [4.78, 5) is 93.0. The lowest BCUT2D eigenvalue weighted by Gasteiger charge is -2.26. The van der Waals surface area contributed by atoms with Gasteiger partial charge < -0.3 is 29.2 Å². The van der Waals surface area contributed by atoms with Crippen molar-refractivity contribution in [3.05, 3.63) is 0 Å². The van der Waals surface area contributed by atoms with Gasteiger partial charge in [-0.05, 0) is 76.3 Å². The molecule has 50 heavy (non-hydrogen) atoms. The number of hydrogen-bond donors (Lipinski definition) is 2. The molecule has 0 aromatic carbocycles. The molecule has 4 amide bonds. The number of likely N-dealkylation sites (N-methyl/N-ethyl adjacent to an activating group) is 2. The number of nitrogens with one attached hydrogen (secondary N) is 2. The Balaban J connectivity index is -0.000000750. The van der Waals surface area contributed by atoms with Crippen molar-refractivity contribution < 1.29 is 57.3 Å². The van der Waals surface area contributed by atoms with Crippen LogP contribution in [0.25, 0.3) is 0 Å². The Morgan fingerprint density at radius 2 is 1.06 bits per heavy atom. The lowest BCUT2D eigenvalue weighted by Crippen LogP contribution is -2.51. The highest BCUT2D eigenvalue weighted by atomic mass is 35.6. The summed E-state index contributed by atoms with van der Waals surface area (Å²) in [5, 5.41) is 4.55. The molecular weight excluding hydrogens is 797 g/mol. The van der Waals surface area contributed by atoms with Gasteiger partial charge in [0.25, 0.3) is 13.5 Å². The van der Waals surface area contributed by atoms with Crippen LogP contribution < -0.4 is 10.6 Å². The second kappa shape index (κ2) is 22.5. The van der Waals surface area contributed by atoms with Crippen molar-refractivity contribution in [1.29, 1.82) is 0 Å². The molecule has 22 heteroatoms. The van der Waals surface area contributed by atoms with Gasteiger partial charge in [-0.15, -0.1) is 4.99 Å². The van der Waals surface area contributed by atoms with Gasteiger partial charge in [-0.1, -0.05) is 69.6 Å². The molecule has 0 saturated heterocycles. The van der Waals surface area contributed by atoms with Crippen molar-refractivity contribution in [3.8, 4) is 0 Å². The SMILES string of the molecule is CC(OC(=O)C(C)N(C)C(=O)NC(=O)C(Cl)(Cl)Cl)C(=O)OC(C)(C)C.CNC(C)C(=O)OC(C)C(=O)OC(C)(C)C.O=C=NC(=O)C(Cl)(Cl)Cl. The zero-order valence-corrected chi connectivity index (χ0v) is 33.9. The van der Waals surface area contributed by atoms with Crippen LogP contribution in [0, 0.1) is 0 Å². The molecule has 0 fully saturated rings. The third-order valence-corrected chi connectivity index (χ3v) is 5.96.